The summed E-state index contributed by atoms with van der Waals surface area (Å²) in [6.45, 7) is 4.31. The van der Waals surface area contributed by atoms with Gasteiger partial charge in [0, 0.05) is 24.2 Å². The Morgan fingerprint density at radius 2 is 2.42 bits per heavy atom. The van der Waals surface area contributed by atoms with Gasteiger partial charge in [-0.2, -0.15) is 0 Å². The van der Waals surface area contributed by atoms with Crippen molar-refractivity contribution in [2.24, 2.45) is 0 Å². The summed E-state index contributed by atoms with van der Waals surface area (Å²) in [6, 6.07) is 5.91. The van der Waals surface area contributed by atoms with Gasteiger partial charge in [-0.15, -0.1) is 11.3 Å². The minimum atomic E-state index is -0.361. The minimum absolute atomic E-state index is 0.119. The van der Waals surface area contributed by atoms with Crippen LogP contribution in [0.15, 0.2) is 29.6 Å². The first-order valence-electron chi connectivity index (χ1n) is 7.89. The molecule has 1 unspecified atom stereocenters. The van der Waals surface area contributed by atoms with Crippen LogP contribution in [-0.4, -0.2) is 41.5 Å². The number of benzene rings is 1. The van der Waals surface area contributed by atoms with Gasteiger partial charge in [-0.1, -0.05) is 6.07 Å². The van der Waals surface area contributed by atoms with E-state index in [9.17, 15) is 9.18 Å². The number of halogens is 1. The number of carbonyl (C=O) groups is 1. The van der Waals surface area contributed by atoms with Crippen LogP contribution in [0.2, 0.25) is 0 Å². The first-order chi connectivity index (χ1) is 11.6. The highest BCUT2D eigenvalue weighted by atomic mass is 32.1. The first kappa shape index (κ1) is 17.0. The number of nitrogens with one attached hydrogen (secondary N) is 1. The van der Waals surface area contributed by atoms with E-state index < -0.39 is 0 Å². The SMILES string of the molecule is Cc1nc(COC2CCN(CC(=O)Nc3cccc(F)c3)C2)cs1. The number of rotatable bonds is 6. The third kappa shape index (κ3) is 4.83. The molecule has 3 rings (SSSR count). The van der Waals surface area contributed by atoms with Crippen molar-refractivity contribution in [1.29, 1.82) is 0 Å². The van der Waals surface area contributed by atoms with Crippen molar-refractivity contribution in [1.82, 2.24) is 9.88 Å². The van der Waals surface area contributed by atoms with E-state index in [1.807, 2.05) is 17.2 Å². The number of nitrogens with zero attached hydrogens (tertiary/aromatic N) is 2. The fourth-order valence-corrected chi connectivity index (χ4v) is 3.32. The fraction of sp³-hybridized carbons (Fsp3) is 0.412. The van der Waals surface area contributed by atoms with Gasteiger partial charge in [0.15, 0.2) is 0 Å². The molecule has 7 heteroatoms. The first-order valence-corrected chi connectivity index (χ1v) is 8.77. The van der Waals surface area contributed by atoms with Crippen LogP contribution in [0.4, 0.5) is 10.1 Å². The van der Waals surface area contributed by atoms with Crippen molar-refractivity contribution in [3.05, 3.63) is 46.2 Å². The van der Waals surface area contributed by atoms with Crippen LogP contribution in [0.1, 0.15) is 17.1 Å². The number of hydrogen-bond donors (Lipinski definition) is 1. The van der Waals surface area contributed by atoms with Gasteiger partial charge in [0.25, 0.3) is 0 Å². The quantitative estimate of drug-likeness (QED) is 0.871. The van der Waals surface area contributed by atoms with Gasteiger partial charge >= 0.3 is 0 Å². The second-order valence-electron chi connectivity index (χ2n) is 5.87. The van der Waals surface area contributed by atoms with Crippen molar-refractivity contribution >= 4 is 22.9 Å². The molecule has 5 nitrogen and oxygen atoms in total. The third-order valence-corrected chi connectivity index (χ3v) is 4.66. The molecule has 128 valence electrons. The van der Waals surface area contributed by atoms with E-state index in [0.717, 1.165) is 30.2 Å². The summed E-state index contributed by atoms with van der Waals surface area (Å²) in [6.07, 6.45) is 1.02. The van der Waals surface area contributed by atoms with Gasteiger partial charge in [-0.25, -0.2) is 9.37 Å². The van der Waals surface area contributed by atoms with Crippen molar-refractivity contribution in [2.45, 2.75) is 26.1 Å². The minimum Gasteiger partial charge on any atom is -0.371 e. The summed E-state index contributed by atoms with van der Waals surface area (Å²) >= 11 is 1.62. The van der Waals surface area contributed by atoms with Crippen LogP contribution in [0.5, 0.6) is 0 Å². The number of likely N-dealkylation sites (tertiary alicyclic amines) is 1. The van der Waals surface area contributed by atoms with Gasteiger partial charge < -0.3 is 10.1 Å². The van der Waals surface area contributed by atoms with E-state index in [4.69, 9.17) is 4.74 Å². The molecule has 0 spiro atoms. The van der Waals surface area contributed by atoms with Crippen molar-refractivity contribution < 1.29 is 13.9 Å². The smallest absolute Gasteiger partial charge is 0.238 e. The number of carbonyl (C=O) groups excluding carboxylic acids is 1. The highest BCUT2D eigenvalue weighted by molar-refractivity contribution is 7.09. The van der Waals surface area contributed by atoms with E-state index in [1.54, 1.807) is 23.5 Å². The predicted octanol–water partition coefficient (Wildman–Crippen LogP) is 2.82. The van der Waals surface area contributed by atoms with Gasteiger partial charge in [0.1, 0.15) is 5.82 Å². The highest BCUT2D eigenvalue weighted by Gasteiger charge is 2.24. The molecule has 1 saturated heterocycles. The van der Waals surface area contributed by atoms with E-state index in [0.29, 0.717) is 12.3 Å². The molecule has 1 aliphatic rings. The van der Waals surface area contributed by atoms with E-state index in [-0.39, 0.29) is 24.4 Å². The van der Waals surface area contributed by atoms with Crippen LogP contribution in [0, 0.1) is 12.7 Å². The molecule has 2 aromatic rings. The van der Waals surface area contributed by atoms with Crippen molar-refractivity contribution in [3.63, 3.8) is 0 Å². The molecule has 0 radical (unpaired) electrons. The van der Waals surface area contributed by atoms with Gasteiger partial charge in [0.2, 0.25) is 5.91 Å². The maximum atomic E-state index is 13.1. The molecule has 1 aliphatic heterocycles. The lowest BCUT2D eigenvalue weighted by molar-refractivity contribution is -0.117. The van der Waals surface area contributed by atoms with Crippen molar-refractivity contribution in [3.8, 4) is 0 Å². The summed E-state index contributed by atoms with van der Waals surface area (Å²) in [4.78, 5) is 18.5. The molecular weight excluding hydrogens is 329 g/mol. The zero-order chi connectivity index (χ0) is 16.9. The average Bonchev–Trinajstić information content (AvgIpc) is 3.14. The Bertz CT molecular complexity index is 707. The molecular formula is C17H20FN3O2S. The lowest BCUT2D eigenvalue weighted by Crippen LogP contribution is -2.32. The molecule has 1 aromatic heterocycles. The normalized spacial score (nSPS) is 18.0. The summed E-state index contributed by atoms with van der Waals surface area (Å²) in [5.41, 5.74) is 1.44. The van der Waals surface area contributed by atoms with Gasteiger partial charge in [-0.3, -0.25) is 9.69 Å². The topological polar surface area (TPSA) is 54.5 Å². The van der Waals surface area contributed by atoms with Gasteiger partial charge in [0.05, 0.1) is 30.0 Å². The second kappa shape index (κ2) is 7.83. The van der Waals surface area contributed by atoms with Crippen LogP contribution < -0.4 is 5.32 Å². The average molecular weight is 349 g/mol. The molecule has 0 saturated carbocycles. The zero-order valence-corrected chi connectivity index (χ0v) is 14.3. The molecule has 1 fully saturated rings. The molecule has 24 heavy (non-hydrogen) atoms. The Labute approximate surface area is 144 Å². The largest absolute Gasteiger partial charge is 0.371 e. The number of ether oxygens (including phenoxy) is 1. The maximum Gasteiger partial charge on any atom is 0.238 e. The lowest BCUT2D eigenvalue weighted by Gasteiger charge is -2.16. The number of amides is 1. The summed E-state index contributed by atoms with van der Waals surface area (Å²) < 4.78 is 19.0. The monoisotopic (exact) mass is 349 g/mol. The number of hydrogen-bond acceptors (Lipinski definition) is 5. The Morgan fingerprint density at radius 3 is 3.17 bits per heavy atom. The summed E-state index contributed by atoms with van der Waals surface area (Å²) in [5, 5.41) is 5.76. The lowest BCUT2D eigenvalue weighted by atomic mass is 10.3. The molecule has 0 bridgehead atoms. The Kier molecular flexibility index (Phi) is 5.55. The van der Waals surface area contributed by atoms with E-state index in [2.05, 4.69) is 10.3 Å². The Hall–Kier alpha value is -1.83. The van der Waals surface area contributed by atoms with Crippen LogP contribution in [0.25, 0.3) is 0 Å². The Balaban J connectivity index is 1.41. The standard InChI is InChI=1S/C17H20FN3O2S/c1-12-19-15(11-24-12)10-23-16-5-6-21(8-16)9-17(22)20-14-4-2-3-13(18)7-14/h2-4,7,11,16H,5-6,8-10H2,1H3,(H,20,22). The molecule has 1 N–H and O–H groups in total. The number of thiazole rings is 1. The number of aromatic nitrogens is 1. The summed E-state index contributed by atoms with van der Waals surface area (Å²) in [7, 11) is 0. The maximum absolute atomic E-state index is 13.1. The van der Waals surface area contributed by atoms with Crippen molar-refractivity contribution in [2.75, 3.05) is 25.0 Å². The zero-order valence-electron chi connectivity index (χ0n) is 13.5. The van der Waals surface area contributed by atoms with Crippen LogP contribution >= 0.6 is 11.3 Å². The third-order valence-electron chi connectivity index (χ3n) is 3.84. The van der Waals surface area contributed by atoms with E-state index in [1.165, 1.54) is 12.1 Å². The van der Waals surface area contributed by atoms with Gasteiger partial charge in [-0.05, 0) is 31.5 Å². The van der Waals surface area contributed by atoms with Crippen LogP contribution in [-0.2, 0) is 16.1 Å². The highest BCUT2D eigenvalue weighted by Crippen LogP contribution is 2.16. The molecule has 1 aromatic carbocycles. The fourth-order valence-electron chi connectivity index (χ4n) is 2.72. The van der Waals surface area contributed by atoms with Crippen LogP contribution in [0.3, 0.4) is 0 Å². The van der Waals surface area contributed by atoms with E-state index >= 15 is 0 Å². The number of anilines is 1. The molecule has 1 atom stereocenters. The molecule has 1 amide bonds. The number of aryl methyl sites for hydroxylation is 1. The Morgan fingerprint density at radius 1 is 1.54 bits per heavy atom. The molecule has 0 aliphatic carbocycles. The molecule has 2 heterocycles. The second-order valence-corrected chi connectivity index (χ2v) is 6.94. The summed E-state index contributed by atoms with van der Waals surface area (Å²) in [5.74, 6) is -0.504. The predicted molar refractivity (Wildman–Crippen MR) is 91.5 cm³/mol.